The van der Waals surface area contributed by atoms with Crippen LogP contribution in [0.25, 0.3) is 0 Å². The van der Waals surface area contributed by atoms with E-state index in [0.717, 1.165) is 13.0 Å². The minimum absolute atomic E-state index is 0. The highest BCUT2D eigenvalue weighted by Crippen LogP contribution is 2.24. The second kappa shape index (κ2) is 6.90. The summed E-state index contributed by atoms with van der Waals surface area (Å²) >= 11 is 3.27. The van der Waals surface area contributed by atoms with Gasteiger partial charge in [-0.15, -0.1) is 12.4 Å². The number of ether oxygens (including phenoxy) is 1. The van der Waals surface area contributed by atoms with Crippen molar-refractivity contribution in [3.63, 3.8) is 0 Å². The fourth-order valence-electron chi connectivity index (χ4n) is 1.85. The van der Waals surface area contributed by atoms with Gasteiger partial charge >= 0.3 is 0 Å². The standard InChI is InChI=1S/C11H15BrN2O3S.ClH/c1-17-10-4-8(12)5-11(6-10)18(15,16)14-9-2-3-13-7-9;/h4-6,9,13-14H,2-3,7H2,1H3;1H. The van der Waals surface area contributed by atoms with Crippen molar-refractivity contribution >= 4 is 38.4 Å². The first-order valence-corrected chi connectivity index (χ1v) is 7.86. The summed E-state index contributed by atoms with van der Waals surface area (Å²) in [7, 11) is -1.99. The van der Waals surface area contributed by atoms with Gasteiger partial charge in [-0.05, 0) is 25.1 Å². The van der Waals surface area contributed by atoms with Crippen molar-refractivity contribution < 1.29 is 13.2 Å². The molecule has 1 heterocycles. The fourth-order valence-corrected chi connectivity index (χ4v) is 3.81. The van der Waals surface area contributed by atoms with Crippen molar-refractivity contribution in [2.45, 2.75) is 17.4 Å². The summed E-state index contributed by atoms with van der Waals surface area (Å²) in [6.45, 7) is 1.51. The lowest BCUT2D eigenvalue weighted by atomic mass is 10.3. The maximum absolute atomic E-state index is 12.2. The summed E-state index contributed by atoms with van der Waals surface area (Å²) < 4.78 is 32.8. The van der Waals surface area contributed by atoms with E-state index in [4.69, 9.17) is 4.74 Å². The first-order chi connectivity index (χ1) is 8.51. The lowest BCUT2D eigenvalue weighted by molar-refractivity contribution is 0.413. The molecule has 0 aliphatic carbocycles. The number of benzene rings is 1. The van der Waals surface area contributed by atoms with Crippen LogP contribution < -0.4 is 14.8 Å². The first kappa shape index (κ1) is 16.7. The summed E-state index contributed by atoms with van der Waals surface area (Å²) in [5.74, 6) is 0.509. The Bertz CT molecular complexity index is 533. The van der Waals surface area contributed by atoms with E-state index in [2.05, 4.69) is 26.0 Å². The molecule has 1 aromatic carbocycles. The largest absolute Gasteiger partial charge is 0.497 e. The van der Waals surface area contributed by atoms with Crippen molar-refractivity contribution in [2.24, 2.45) is 0 Å². The number of nitrogens with one attached hydrogen (secondary N) is 2. The highest BCUT2D eigenvalue weighted by atomic mass is 79.9. The minimum Gasteiger partial charge on any atom is -0.497 e. The molecule has 1 unspecified atom stereocenters. The Morgan fingerprint density at radius 2 is 2.16 bits per heavy atom. The third kappa shape index (κ3) is 4.32. The molecular formula is C11H16BrClN2O3S. The second-order valence-corrected chi connectivity index (χ2v) is 6.77. The van der Waals surface area contributed by atoms with Crippen LogP contribution >= 0.6 is 28.3 Å². The number of sulfonamides is 1. The van der Waals surface area contributed by atoms with Crippen LogP contribution in [-0.4, -0.2) is 34.7 Å². The van der Waals surface area contributed by atoms with Crippen LogP contribution in [0, 0.1) is 0 Å². The molecule has 1 atom stereocenters. The summed E-state index contributed by atoms with van der Waals surface area (Å²) in [5, 5.41) is 3.12. The van der Waals surface area contributed by atoms with E-state index in [1.165, 1.54) is 13.2 Å². The van der Waals surface area contributed by atoms with Crippen LogP contribution in [0.1, 0.15) is 6.42 Å². The highest BCUT2D eigenvalue weighted by molar-refractivity contribution is 9.10. The van der Waals surface area contributed by atoms with E-state index in [0.29, 0.717) is 16.8 Å². The van der Waals surface area contributed by atoms with Gasteiger partial charge in [-0.2, -0.15) is 0 Å². The molecule has 1 aliphatic heterocycles. The molecule has 1 saturated heterocycles. The van der Waals surface area contributed by atoms with Crippen LogP contribution in [-0.2, 0) is 10.0 Å². The smallest absolute Gasteiger partial charge is 0.241 e. The first-order valence-electron chi connectivity index (χ1n) is 5.59. The quantitative estimate of drug-likeness (QED) is 0.842. The Kier molecular flexibility index (Phi) is 6.07. The molecule has 0 saturated carbocycles. The van der Waals surface area contributed by atoms with Gasteiger partial charge in [-0.3, -0.25) is 0 Å². The molecule has 1 fully saturated rings. The Balaban J connectivity index is 0.00000180. The number of hydrogen-bond acceptors (Lipinski definition) is 4. The molecule has 1 aromatic rings. The molecule has 8 heteroatoms. The molecule has 0 amide bonds. The van der Waals surface area contributed by atoms with Gasteiger partial charge in [0.25, 0.3) is 0 Å². The predicted octanol–water partition coefficient (Wildman–Crippen LogP) is 1.52. The van der Waals surface area contributed by atoms with Gasteiger partial charge in [0.05, 0.1) is 12.0 Å². The van der Waals surface area contributed by atoms with E-state index in [-0.39, 0.29) is 23.3 Å². The zero-order chi connectivity index (χ0) is 13.2. The second-order valence-electron chi connectivity index (χ2n) is 4.14. The lowest BCUT2D eigenvalue weighted by Gasteiger charge is -2.13. The van der Waals surface area contributed by atoms with Crippen molar-refractivity contribution in [2.75, 3.05) is 20.2 Å². The Morgan fingerprint density at radius 3 is 2.74 bits per heavy atom. The third-order valence-corrected chi connectivity index (χ3v) is 4.73. The summed E-state index contributed by atoms with van der Waals surface area (Å²) in [5.41, 5.74) is 0. The van der Waals surface area contributed by atoms with Crippen molar-refractivity contribution in [3.8, 4) is 5.75 Å². The lowest BCUT2D eigenvalue weighted by Crippen LogP contribution is -2.36. The van der Waals surface area contributed by atoms with E-state index in [1.807, 2.05) is 0 Å². The van der Waals surface area contributed by atoms with Crippen LogP contribution in [0.5, 0.6) is 5.75 Å². The molecule has 19 heavy (non-hydrogen) atoms. The number of halogens is 2. The number of rotatable bonds is 4. The van der Waals surface area contributed by atoms with E-state index in [9.17, 15) is 8.42 Å². The molecule has 5 nitrogen and oxygen atoms in total. The van der Waals surface area contributed by atoms with Crippen LogP contribution in [0.2, 0.25) is 0 Å². The van der Waals surface area contributed by atoms with Gasteiger partial charge in [0.15, 0.2) is 0 Å². The van der Waals surface area contributed by atoms with Crippen molar-refractivity contribution in [3.05, 3.63) is 22.7 Å². The Hall–Kier alpha value is -0.340. The average Bonchev–Trinajstić information content (AvgIpc) is 2.80. The molecule has 108 valence electrons. The SMILES string of the molecule is COc1cc(Br)cc(S(=O)(=O)NC2CCNC2)c1.Cl. The Morgan fingerprint density at radius 1 is 1.42 bits per heavy atom. The summed E-state index contributed by atoms with van der Waals surface area (Å²) in [4.78, 5) is 0.209. The zero-order valence-electron chi connectivity index (χ0n) is 10.3. The molecule has 0 bridgehead atoms. The van der Waals surface area contributed by atoms with Crippen molar-refractivity contribution in [1.29, 1.82) is 0 Å². The summed E-state index contributed by atoms with van der Waals surface area (Å²) in [6.07, 6.45) is 0.810. The fraction of sp³-hybridized carbons (Fsp3) is 0.455. The average molecular weight is 372 g/mol. The maximum Gasteiger partial charge on any atom is 0.241 e. The normalized spacial score (nSPS) is 18.9. The molecular weight excluding hydrogens is 356 g/mol. The molecule has 1 aliphatic rings. The monoisotopic (exact) mass is 370 g/mol. The van der Waals surface area contributed by atoms with Gasteiger partial charge in [0.1, 0.15) is 5.75 Å². The molecule has 2 rings (SSSR count). The van der Waals surface area contributed by atoms with Gasteiger partial charge < -0.3 is 10.1 Å². The molecule has 2 N–H and O–H groups in total. The van der Waals surface area contributed by atoms with E-state index < -0.39 is 10.0 Å². The number of methoxy groups -OCH3 is 1. The minimum atomic E-state index is -3.50. The third-order valence-electron chi connectivity index (χ3n) is 2.77. The predicted molar refractivity (Wildman–Crippen MR) is 79.5 cm³/mol. The topological polar surface area (TPSA) is 67.4 Å². The van der Waals surface area contributed by atoms with Gasteiger partial charge in [-0.25, -0.2) is 13.1 Å². The molecule has 0 aromatic heterocycles. The van der Waals surface area contributed by atoms with E-state index in [1.54, 1.807) is 12.1 Å². The van der Waals surface area contributed by atoms with Crippen LogP contribution in [0.15, 0.2) is 27.6 Å². The Labute approximate surface area is 127 Å². The van der Waals surface area contributed by atoms with Crippen LogP contribution in [0.3, 0.4) is 0 Å². The highest BCUT2D eigenvalue weighted by Gasteiger charge is 2.23. The van der Waals surface area contributed by atoms with Crippen LogP contribution in [0.4, 0.5) is 0 Å². The van der Waals surface area contributed by atoms with Gasteiger partial charge in [0.2, 0.25) is 10.0 Å². The van der Waals surface area contributed by atoms with Gasteiger partial charge in [-0.1, -0.05) is 15.9 Å². The molecule has 0 spiro atoms. The number of hydrogen-bond donors (Lipinski definition) is 2. The van der Waals surface area contributed by atoms with Crippen molar-refractivity contribution in [1.82, 2.24) is 10.0 Å². The molecule has 0 radical (unpaired) electrons. The van der Waals surface area contributed by atoms with Gasteiger partial charge in [0, 0.05) is 23.1 Å². The summed E-state index contributed by atoms with van der Waals surface area (Å²) in [6, 6.07) is 4.75. The van der Waals surface area contributed by atoms with E-state index >= 15 is 0 Å². The zero-order valence-corrected chi connectivity index (χ0v) is 13.6. The maximum atomic E-state index is 12.2.